The van der Waals surface area contributed by atoms with Crippen molar-refractivity contribution in [1.82, 2.24) is 15.2 Å². The van der Waals surface area contributed by atoms with Crippen molar-refractivity contribution in [2.75, 3.05) is 25.4 Å². The number of thiophene rings is 1. The second kappa shape index (κ2) is 10.5. The molecule has 1 fully saturated rings. The SMILES string of the molecule is O=C(NCC(c1cccs1)c1c[nH]c2ccccc12)c1ccccc1SCC(=O)N1CCCC1. The lowest BCUT2D eigenvalue weighted by molar-refractivity contribution is -0.127. The Morgan fingerprint density at radius 1 is 1.03 bits per heavy atom. The summed E-state index contributed by atoms with van der Waals surface area (Å²) in [6.45, 7) is 2.19. The molecule has 3 heterocycles. The lowest BCUT2D eigenvalue weighted by atomic mass is 9.96. The average Bonchev–Trinajstić information content (AvgIpc) is 3.65. The van der Waals surface area contributed by atoms with Crippen LogP contribution in [-0.2, 0) is 4.79 Å². The number of rotatable bonds is 8. The van der Waals surface area contributed by atoms with Crippen molar-refractivity contribution in [1.29, 1.82) is 0 Å². The van der Waals surface area contributed by atoms with Gasteiger partial charge in [0.25, 0.3) is 5.91 Å². The van der Waals surface area contributed by atoms with Crippen molar-refractivity contribution in [3.8, 4) is 0 Å². The quantitative estimate of drug-likeness (QED) is 0.321. The van der Waals surface area contributed by atoms with E-state index in [-0.39, 0.29) is 17.7 Å². The van der Waals surface area contributed by atoms with E-state index in [1.807, 2.05) is 47.4 Å². The Kier molecular flexibility index (Phi) is 7.02. The summed E-state index contributed by atoms with van der Waals surface area (Å²) < 4.78 is 0. The van der Waals surface area contributed by atoms with E-state index in [4.69, 9.17) is 0 Å². The number of hydrogen-bond donors (Lipinski definition) is 2. The van der Waals surface area contributed by atoms with Crippen LogP contribution in [0.15, 0.2) is 77.1 Å². The van der Waals surface area contributed by atoms with Crippen LogP contribution in [0.1, 0.15) is 39.6 Å². The maximum absolute atomic E-state index is 13.2. The van der Waals surface area contributed by atoms with E-state index in [1.54, 1.807) is 11.3 Å². The molecule has 0 spiro atoms. The zero-order valence-electron chi connectivity index (χ0n) is 18.8. The predicted octanol–water partition coefficient (Wildman–Crippen LogP) is 5.51. The predicted molar refractivity (Wildman–Crippen MR) is 140 cm³/mol. The van der Waals surface area contributed by atoms with Crippen molar-refractivity contribution in [3.63, 3.8) is 0 Å². The maximum Gasteiger partial charge on any atom is 0.252 e. The number of benzene rings is 2. The van der Waals surface area contributed by atoms with Gasteiger partial charge < -0.3 is 15.2 Å². The van der Waals surface area contributed by atoms with E-state index in [0.29, 0.717) is 17.9 Å². The van der Waals surface area contributed by atoms with Gasteiger partial charge in [0.05, 0.1) is 11.3 Å². The number of nitrogens with one attached hydrogen (secondary N) is 2. The smallest absolute Gasteiger partial charge is 0.252 e. The number of aromatic nitrogens is 1. The van der Waals surface area contributed by atoms with E-state index in [2.05, 4.69) is 40.1 Å². The molecule has 7 heteroatoms. The fraction of sp³-hybridized carbons (Fsp3) is 0.259. The third-order valence-corrected chi connectivity index (χ3v) is 8.34. The van der Waals surface area contributed by atoms with Crippen molar-refractivity contribution in [3.05, 3.63) is 88.2 Å². The molecule has 5 rings (SSSR count). The second-order valence-corrected chi connectivity index (χ2v) is 10.4. The number of nitrogens with zero attached hydrogens (tertiary/aromatic N) is 1. The van der Waals surface area contributed by atoms with Crippen molar-refractivity contribution < 1.29 is 9.59 Å². The van der Waals surface area contributed by atoms with Crippen LogP contribution >= 0.6 is 23.1 Å². The summed E-state index contributed by atoms with van der Waals surface area (Å²) in [6, 6.07) is 20.0. The molecule has 1 unspecified atom stereocenters. The van der Waals surface area contributed by atoms with Gasteiger partial charge in [0.2, 0.25) is 5.91 Å². The van der Waals surface area contributed by atoms with Gasteiger partial charge in [0, 0.05) is 52.4 Å². The summed E-state index contributed by atoms with van der Waals surface area (Å²) in [6.07, 6.45) is 4.21. The van der Waals surface area contributed by atoms with Gasteiger partial charge in [0.1, 0.15) is 0 Å². The Hall–Kier alpha value is -3.03. The average molecular weight is 490 g/mol. The standard InChI is InChI=1S/C27H27N3O2S2/c31-26(30-13-5-6-14-30)18-34-24-11-4-2-9-20(24)27(32)29-17-22(25-12-7-15-33-25)21-16-28-23-10-3-1-8-19(21)23/h1-4,7-12,15-16,22,28H,5-6,13-14,17-18H2,(H,29,32). The normalized spacial score (nSPS) is 14.4. The Bertz CT molecular complexity index is 1280. The third kappa shape index (κ3) is 4.91. The van der Waals surface area contributed by atoms with Crippen LogP contribution in [0.2, 0.25) is 0 Å². The summed E-state index contributed by atoms with van der Waals surface area (Å²) in [5, 5.41) is 6.41. The topological polar surface area (TPSA) is 65.2 Å². The van der Waals surface area contributed by atoms with Crippen LogP contribution < -0.4 is 5.32 Å². The minimum Gasteiger partial charge on any atom is -0.361 e. The Morgan fingerprint density at radius 3 is 2.65 bits per heavy atom. The number of para-hydroxylation sites is 1. The maximum atomic E-state index is 13.2. The molecule has 0 saturated carbocycles. The molecule has 2 N–H and O–H groups in total. The van der Waals surface area contributed by atoms with Gasteiger partial charge in [-0.3, -0.25) is 9.59 Å². The highest BCUT2D eigenvalue weighted by molar-refractivity contribution is 8.00. The molecule has 2 aromatic heterocycles. The number of carbonyl (C=O) groups excluding carboxylic acids is 2. The van der Waals surface area contributed by atoms with E-state index in [0.717, 1.165) is 36.3 Å². The van der Waals surface area contributed by atoms with Crippen LogP contribution in [-0.4, -0.2) is 47.1 Å². The summed E-state index contributed by atoms with van der Waals surface area (Å²) in [5.41, 5.74) is 2.89. The van der Waals surface area contributed by atoms with Gasteiger partial charge >= 0.3 is 0 Å². The molecular formula is C27H27N3O2S2. The molecule has 0 radical (unpaired) electrons. The molecular weight excluding hydrogens is 462 g/mol. The molecule has 174 valence electrons. The molecule has 1 aliphatic rings. The van der Waals surface area contributed by atoms with Crippen molar-refractivity contribution in [2.45, 2.75) is 23.7 Å². The molecule has 4 aromatic rings. The largest absolute Gasteiger partial charge is 0.361 e. The van der Waals surface area contributed by atoms with E-state index in [1.165, 1.54) is 27.6 Å². The van der Waals surface area contributed by atoms with Crippen LogP contribution in [0, 0.1) is 0 Å². The molecule has 34 heavy (non-hydrogen) atoms. The van der Waals surface area contributed by atoms with Crippen LogP contribution in [0.25, 0.3) is 10.9 Å². The third-order valence-electron chi connectivity index (χ3n) is 6.29. The zero-order valence-corrected chi connectivity index (χ0v) is 20.5. The highest BCUT2D eigenvalue weighted by atomic mass is 32.2. The first-order valence-electron chi connectivity index (χ1n) is 11.6. The van der Waals surface area contributed by atoms with Crippen molar-refractivity contribution >= 4 is 45.8 Å². The van der Waals surface area contributed by atoms with Crippen LogP contribution in [0.3, 0.4) is 0 Å². The first kappa shape index (κ1) is 22.7. The number of carbonyl (C=O) groups is 2. The first-order valence-corrected chi connectivity index (χ1v) is 13.4. The van der Waals surface area contributed by atoms with Crippen molar-refractivity contribution in [2.24, 2.45) is 0 Å². The van der Waals surface area contributed by atoms with Gasteiger partial charge in [-0.1, -0.05) is 36.4 Å². The van der Waals surface area contributed by atoms with Gasteiger partial charge in [-0.05, 0) is 48.1 Å². The Balaban J connectivity index is 1.31. The van der Waals surface area contributed by atoms with Crippen LogP contribution in [0.5, 0.6) is 0 Å². The minimum atomic E-state index is -0.113. The number of fused-ring (bicyclic) bond motifs is 1. The molecule has 5 nitrogen and oxygen atoms in total. The number of aromatic amines is 1. The van der Waals surface area contributed by atoms with Gasteiger partial charge in [-0.2, -0.15) is 0 Å². The van der Waals surface area contributed by atoms with Gasteiger partial charge in [-0.25, -0.2) is 0 Å². The number of hydrogen-bond acceptors (Lipinski definition) is 4. The van der Waals surface area contributed by atoms with E-state index < -0.39 is 0 Å². The first-order chi connectivity index (χ1) is 16.7. The number of likely N-dealkylation sites (tertiary alicyclic amines) is 1. The lowest BCUT2D eigenvalue weighted by Crippen LogP contribution is -2.30. The van der Waals surface area contributed by atoms with E-state index >= 15 is 0 Å². The molecule has 0 bridgehead atoms. The van der Waals surface area contributed by atoms with Crippen LogP contribution in [0.4, 0.5) is 0 Å². The van der Waals surface area contributed by atoms with Gasteiger partial charge in [-0.15, -0.1) is 23.1 Å². The molecule has 1 saturated heterocycles. The molecule has 0 aliphatic carbocycles. The highest BCUT2D eigenvalue weighted by Crippen LogP contribution is 2.33. The number of thioether (sulfide) groups is 1. The summed E-state index contributed by atoms with van der Waals surface area (Å²) in [4.78, 5) is 33.1. The Morgan fingerprint density at radius 2 is 1.82 bits per heavy atom. The molecule has 2 aromatic carbocycles. The minimum absolute atomic E-state index is 0.0525. The lowest BCUT2D eigenvalue weighted by Gasteiger charge is -2.18. The monoisotopic (exact) mass is 489 g/mol. The zero-order chi connectivity index (χ0) is 23.3. The number of H-pyrrole nitrogens is 1. The number of amides is 2. The summed E-state index contributed by atoms with van der Waals surface area (Å²) in [7, 11) is 0. The fourth-order valence-corrected chi connectivity index (χ4v) is 6.30. The molecule has 2 amide bonds. The second-order valence-electron chi connectivity index (χ2n) is 8.44. The molecule has 1 aliphatic heterocycles. The summed E-state index contributed by atoms with van der Waals surface area (Å²) in [5.74, 6) is 0.446. The highest BCUT2D eigenvalue weighted by Gasteiger charge is 2.22. The fourth-order valence-electron chi connectivity index (χ4n) is 4.50. The summed E-state index contributed by atoms with van der Waals surface area (Å²) >= 11 is 3.15. The molecule has 1 atom stereocenters. The van der Waals surface area contributed by atoms with Gasteiger partial charge in [0.15, 0.2) is 0 Å². The Labute approximate surface area is 207 Å². The van der Waals surface area contributed by atoms with E-state index in [9.17, 15) is 9.59 Å².